The van der Waals surface area contributed by atoms with Crippen LogP contribution < -0.4 is 14.8 Å². The van der Waals surface area contributed by atoms with E-state index in [4.69, 9.17) is 9.47 Å². The van der Waals surface area contributed by atoms with Crippen LogP contribution in [-0.4, -0.2) is 26.8 Å². The molecule has 1 aliphatic rings. The van der Waals surface area contributed by atoms with Crippen LogP contribution in [0.15, 0.2) is 35.9 Å². The predicted octanol–water partition coefficient (Wildman–Crippen LogP) is 1.99. The molecule has 0 unspecified atom stereocenters. The van der Waals surface area contributed by atoms with Gasteiger partial charge in [-0.3, -0.25) is 0 Å². The number of ether oxygens (including phenoxy) is 2. The summed E-state index contributed by atoms with van der Waals surface area (Å²) in [5.74, 6) is 1.69. The molecule has 0 atom stereocenters. The van der Waals surface area contributed by atoms with Crippen molar-refractivity contribution in [2.45, 2.75) is 6.42 Å². The number of hydrogen-bond donors (Lipinski definition) is 1. The summed E-state index contributed by atoms with van der Waals surface area (Å²) >= 11 is 0. The Hall–Kier alpha value is -1.48. The minimum Gasteiger partial charge on any atom is -0.497 e. The summed E-state index contributed by atoms with van der Waals surface area (Å²) in [5.41, 5.74) is 1.36. The van der Waals surface area contributed by atoms with E-state index in [9.17, 15) is 0 Å². The van der Waals surface area contributed by atoms with Crippen molar-refractivity contribution in [3.63, 3.8) is 0 Å². The first-order chi connectivity index (χ1) is 7.88. The van der Waals surface area contributed by atoms with Crippen LogP contribution in [0.3, 0.4) is 0 Å². The van der Waals surface area contributed by atoms with E-state index in [2.05, 4.69) is 11.4 Å². The minimum absolute atomic E-state index is 0.675. The Morgan fingerprint density at radius 2 is 2.19 bits per heavy atom. The van der Waals surface area contributed by atoms with Crippen molar-refractivity contribution < 1.29 is 9.47 Å². The standard InChI is InChI=1S/C13H17NO2/c1-15-12-3-2-4-13(9-12)16-10-11-5-7-14-8-6-11/h2-5,9,14H,6-8,10H2,1H3. The van der Waals surface area contributed by atoms with Crippen LogP contribution in [0.2, 0.25) is 0 Å². The van der Waals surface area contributed by atoms with Crippen LogP contribution in [0.1, 0.15) is 6.42 Å². The van der Waals surface area contributed by atoms with Gasteiger partial charge in [-0.25, -0.2) is 0 Å². The normalized spacial score (nSPS) is 15.4. The fraction of sp³-hybridized carbons (Fsp3) is 0.385. The van der Waals surface area contributed by atoms with E-state index >= 15 is 0 Å². The second-order valence-electron chi connectivity index (χ2n) is 3.78. The van der Waals surface area contributed by atoms with Crippen molar-refractivity contribution in [1.82, 2.24) is 5.32 Å². The lowest BCUT2D eigenvalue weighted by molar-refractivity contribution is 0.340. The number of benzene rings is 1. The van der Waals surface area contributed by atoms with Gasteiger partial charge in [0.05, 0.1) is 7.11 Å². The van der Waals surface area contributed by atoms with Crippen LogP contribution in [-0.2, 0) is 0 Å². The quantitative estimate of drug-likeness (QED) is 0.786. The Morgan fingerprint density at radius 1 is 1.31 bits per heavy atom. The second-order valence-corrected chi connectivity index (χ2v) is 3.78. The summed E-state index contributed by atoms with van der Waals surface area (Å²) < 4.78 is 10.9. The Balaban J connectivity index is 1.91. The highest BCUT2D eigenvalue weighted by molar-refractivity contribution is 5.33. The highest BCUT2D eigenvalue weighted by Crippen LogP contribution is 2.19. The number of methoxy groups -OCH3 is 1. The van der Waals surface area contributed by atoms with Gasteiger partial charge in [0.25, 0.3) is 0 Å². The maximum absolute atomic E-state index is 5.71. The van der Waals surface area contributed by atoms with Crippen molar-refractivity contribution in [2.75, 3.05) is 26.8 Å². The molecule has 0 saturated heterocycles. The lowest BCUT2D eigenvalue weighted by atomic mass is 10.1. The molecule has 0 radical (unpaired) electrons. The van der Waals surface area contributed by atoms with E-state index in [-0.39, 0.29) is 0 Å². The van der Waals surface area contributed by atoms with Gasteiger partial charge in [0.15, 0.2) is 0 Å². The van der Waals surface area contributed by atoms with E-state index in [1.807, 2.05) is 24.3 Å². The number of rotatable bonds is 4. The molecule has 0 amide bonds. The molecule has 86 valence electrons. The third kappa shape index (κ3) is 3.00. The largest absolute Gasteiger partial charge is 0.497 e. The van der Waals surface area contributed by atoms with Gasteiger partial charge in [-0.05, 0) is 30.7 Å². The summed E-state index contributed by atoms with van der Waals surface area (Å²) in [6.45, 7) is 2.68. The molecule has 1 heterocycles. The molecule has 0 aliphatic carbocycles. The summed E-state index contributed by atoms with van der Waals surface area (Å²) in [4.78, 5) is 0. The SMILES string of the molecule is COc1cccc(OCC2=CCNCC2)c1. The van der Waals surface area contributed by atoms with Crippen molar-refractivity contribution >= 4 is 0 Å². The second kappa shape index (κ2) is 5.56. The molecule has 0 fully saturated rings. The Bertz CT molecular complexity index is 374. The molecule has 1 aromatic rings. The van der Waals surface area contributed by atoms with E-state index in [0.29, 0.717) is 6.61 Å². The zero-order chi connectivity index (χ0) is 11.2. The highest BCUT2D eigenvalue weighted by atomic mass is 16.5. The Morgan fingerprint density at radius 3 is 2.94 bits per heavy atom. The van der Waals surface area contributed by atoms with Gasteiger partial charge < -0.3 is 14.8 Å². The summed E-state index contributed by atoms with van der Waals surface area (Å²) in [6.07, 6.45) is 3.27. The fourth-order valence-corrected chi connectivity index (χ4v) is 1.67. The Kier molecular flexibility index (Phi) is 3.83. The summed E-state index contributed by atoms with van der Waals surface area (Å²) in [7, 11) is 1.66. The lowest BCUT2D eigenvalue weighted by Gasteiger charge is -2.15. The van der Waals surface area contributed by atoms with Crippen molar-refractivity contribution in [3.05, 3.63) is 35.9 Å². The maximum Gasteiger partial charge on any atom is 0.123 e. The smallest absolute Gasteiger partial charge is 0.123 e. The molecule has 0 aromatic heterocycles. The molecule has 2 rings (SSSR count). The van der Waals surface area contributed by atoms with Crippen LogP contribution in [0, 0.1) is 0 Å². The van der Waals surface area contributed by atoms with Crippen LogP contribution in [0.25, 0.3) is 0 Å². The lowest BCUT2D eigenvalue weighted by Crippen LogP contribution is -2.22. The molecule has 16 heavy (non-hydrogen) atoms. The van der Waals surface area contributed by atoms with E-state index in [0.717, 1.165) is 31.0 Å². The summed E-state index contributed by atoms with van der Waals surface area (Å²) in [6, 6.07) is 7.70. The monoisotopic (exact) mass is 219 g/mol. The first-order valence-corrected chi connectivity index (χ1v) is 5.54. The molecular weight excluding hydrogens is 202 g/mol. The van der Waals surface area contributed by atoms with Gasteiger partial charge in [0.1, 0.15) is 18.1 Å². The van der Waals surface area contributed by atoms with Crippen LogP contribution >= 0.6 is 0 Å². The molecule has 1 N–H and O–H groups in total. The van der Waals surface area contributed by atoms with E-state index in [1.54, 1.807) is 7.11 Å². The van der Waals surface area contributed by atoms with E-state index < -0.39 is 0 Å². The molecule has 3 heteroatoms. The third-order valence-electron chi connectivity index (χ3n) is 2.62. The zero-order valence-electron chi connectivity index (χ0n) is 9.53. The zero-order valence-corrected chi connectivity index (χ0v) is 9.53. The van der Waals surface area contributed by atoms with Gasteiger partial charge in [-0.1, -0.05) is 12.1 Å². The first-order valence-electron chi connectivity index (χ1n) is 5.54. The number of nitrogens with one attached hydrogen (secondary N) is 1. The molecule has 0 spiro atoms. The van der Waals surface area contributed by atoms with Gasteiger partial charge >= 0.3 is 0 Å². The van der Waals surface area contributed by atoms with Crippen LogP contribution in [0.4, 0.5) is 0 Å². The molecule has 3 nitrogen and oxygen atoms in total. The molecule has 0 saturated carbocycles. The first kappa shape index (κ1) is 11.0. The summed E-state index contributed by atoms with van der Waals surface area (Å²) in [5, 5.41) is 3.28. The predicted molar refractivity (Wildman–Crippen MR) is 64.1 cm³/mol. The van der Waals surface area contributed by atoms with Gasteiger partial charge in [-0.2, -0.15) is 0 Å². The van der Waals surface area contributed by atoms with Crippen molar-refractivity contribution in [3.8, 4) is 11.5 Å². The topological polar surface area (TPSA) is 30.5 Å². The molecule has 1 aromatic carbocycles. The van der Waals surface area contributed by atoms with Gasteiger partial charge in [0, 0.05) is 12.6 Å². The van der Waals surface area contributed by atoms with Gasteiger partial charge in [-0.15, -0.1) is 0 Å². The highest BCUT2D eigenvalue weighted by Gasteiger charge is 2.04. The average molecular weight is 219 g/mol. The fourth-order valence-electron chi connectivity index (χ4n) is 1.67. The van der Waals surface area contributed by atoms with Crippen LogP contribution in [0.5, 0.6) is 11.5 Å². The number of hydrogen-bond acceptors (Lipinski definition) is 3. The van der Waals surface area contributed by atoms with E-state index in [1.165, 1.54) is 5.57 Å². The Labute approximate surface area is 96.1 Å². The molecule has 0 bridgehead atoms. The molecular formula is C13H17NO2. The van der Waals surface area contributed by atoms with Crippen molar-refractivity contribution in [1.29, 1.82) is 0 Å². The maximum atomic E-state index is 5.71. The third-order valence-corrected chi connectivity index (χ3v) is 2.62. The molecule has 1 aliphatic heterocycles. The van der Waals surface area contributed by atoms with Crippen molar-refractivity contribution in [2.24, 2.45) is 0 Å². The average Bonchev–Trinajstić information content (AvgIpc) is 2.38. The van der Waals surface area contributed by atoms with Gasteiger partial charge in [0.2, 0.25) is 0 Å². The minimum atomic E-state index is 0.675.